The van der Waals surface area contributed by atoms with Crippen LogP contribution >= 0.6 is 0 Å². The molecule has 0 aliphatic carbocycles. The highest BCUT2D eigenvalue weighted by Gasteiger charge is 2.33. The van der Waals surface area contributed by atoms with Gasteiger partial charge in [0.05, 0.1) is 13.1 Å². The molecule has 0 fully saturated rings. The minimum atomic E-state index is -1.26. The third kappa shape index (κ3) is 22.5. The highest BCUT2D eigenvalue weighted by molar-refractivity contribution is 5.97. The fraction of sp³-hybridized carbons (Fsp3) is 0.590. The molecule has 8 amide bonds. The van der Waals surface area contributed by atoms with Crippen LogP contribution in [0.1, 0.15) is 72.3 Å². The predicted molar refractivity (Wildman–Crippen MR) is 230 cm³/mol. The highest BCUT2D eigenvalue weighted by Crippen LogP contribution is 2.11. The Morgan fingerprint density at radius 3 is 1.54 bits per heavy atom. The first-order valence-corrected chi connectivity index (χ1v) is 20.1. The lowest BCUT2D eigenvalue weighted by Gasteiger charge is -2.28. The molecule has 22 heteroatoms. The molecule has 0 radical (unpaired) electrons. The molecule has 0 saturated heterocycles. The molecule has 0 saturated carbocycles. The summed E-state index contributed by atoms with van der Waals surface area (Å²) in [5, 5.41) is 20.7. The summed E-state index contributed by atoms with van der Waals surface area (Å²) >= 11 is 0. The Labute approximate surface area is 356 Å². The fourth-order valence-electron chi connectivity index (χ4n) is 5.76. The Balaban J connectivity index is 3.42. The number of guanidine groups is 2. The van der Waals surface area contributed by atoms with E-state index in [0.717, 1.165) is 0 Å². The zero-order valence-corrected chi connectivity index (χ0v) is 36.0. The maximum atomic E-state index is 14.1. The molecule has 0 aliphatic heterocycles. The van der Waals surface area contributed by atoms with E-state index < -0.39 is 84.0 Å². The number of nitrogens with one attached hydrogen (secondary N) is 8. The van der Waals surface area contributed by atoms with Gasteiger partial charge in [-0.25, -0.2) is 0 Å². The van der Waals surface area contributed by atoms with Gasteiger partial charge in [0.2, 0.25) is 47.3 Å². The molecule has 0 aliphatic rings. The minimum Gasteiger partial charge on any atom is -0.370 e. The van der Waals surface area contributed by atoms with Crippen LogP contribution in [0.3, 0.4) is 0 Å². The number of rotatable bonds is 27. The van der Waals surface area contributed by atoms with Crippen LogP contribution in [-0.4, -0.2) is 123 Å². The molecule has 61 heavy (non-hydrogen) atoms. The molecule has 1 aromatic rings. The molecule has 0 spiro atoms. The van der Waals surface area contributed by atoms with E-state index in [4.69, 9.17) is 22.9 Å². The van der Waals surface area contributed by atoms with Crippen molar-refractivity contribution in [2.75, 3.05) is 33.2 Å². The number of aliphatic imine (C=N–C) groups is 2. The number of likely N-dealkylation sites (N-methyl/N-ethyl adjacent to an activating group) is 1. The summed E-state index contributed by atoms with van der Waals surface area (Å²) in [6.07, 6.45) is 0.687. The van der Waals surface area contributed by atoms with Crippen molar-refractivity contribution >= 4 is 59.2 Å². The lowest BCUT2D eigenvalue weighted by Crippen LogP contribution is -2.60. The Hall–Kier alpha value is -6.48. The molecular weight excluding hydrogens is 793 g/mol. The first-order valence-electron chi connectivity index (χ1n) is 20.1. The maximum absolute atomic E-state index is 14.1. The normalized spacial score (nSPS) is 13.2. The molecule has 16 N–H and O–H groups in total. The second kappa shape index (κ2) is 28.1. The molecule has 5 unspecified atom stereocenters. The highest BCUT2D eigenvalue weighted by atomic mass is 16.2. The number of carbonyl (C=O) groups excluding carboxylic acids is 8. The summed E-state index contributed by atoms with van der Waals surface area (Å²) in [6.45, 7) is 7.78. The van der Waals surface area contributed by atoms with Gasteiger partial charge in [0.15, 0.2) is 11.9 Å². The molecule has 0 heterocycles. The summed E-state index contributed by atoms with van der Waals surface area (Å²) in [5.74, 6) is -5.83. The Bertz CT molecular complexity index is 1680. The van der Waals surface area contributed by atoms with Crippen LogP contribution in [-0.2, 0) is 44.8 Å². The van der Waals surface area contributed by atoms with Crippen molar-refractivity contribution in [3.8, 4) is 0 Å². The number of carbonyl (C=O) groups is 8. The minimum absolute atomic E-state index is 0.00619. The Morgan fingerprint density at radius 1 is 0.590 bits per heavy atom. The summed E-state index contributed by atoms with van der Waals surface area (Å²) in [7, 11) is 1.43. The van der Waals surface area contributed by atoms with Gasteiger partial charge in [-0.15, -0.1) is 0 Å². The number of benzene rings is 1. The van der Waals surface area contributed by atoms with E-state index in [1.807, 2.05) is 13.8 Å². The molecule has 0 aromatic heterocycles. The van der Waals surface area contributed by atoms with Gasteiger partial charge in [0.25, 0.3) is 0 Å². The second-order valence-electron chi connectivity index (χ2n) is 15.1. The van der Waals surface area contributed by atoms with Crippen LogP contribution in [0.4, 0.5) is 0 Å². The monoisotopic (exact) mass is 859 g/mol. The quantitative estimate of drug-likeness (QED) is 0.0233. The Kier molecular flexibility index (Phi) is 24.2. The van der Waals surface area contributed by atoms with E-state index in [0.29, 0.717) is 5.56 Å². The molecule has 1 rings (SSSR count). The largest absolute Gasteiger partial charge is 0.370 e. The van der Waals surface area contributed by atoms with Crippen molar-refractivity contribution in [2.24, 2.45) is 44.8 Å². The van der Waals surface area contributed by atoms with Crippen molar-refractivity contribution in [1.29, 1.82) is 0 Å². The van der Waals surface area contributed by atoms with Crippen molar-refractivity contribution in [3.05, 3.63) is 35.9 Å². The summed E-state index contributed by atoms with van der Waals surface area (Å²) in [5.41, 5.74) is 22.6. The van der Waals surface area contributed by atoms with Gasteiger partial charge in [0.1, 0.15) is 30.2 Å². The van der Waals surface area contributed by atoms with E-state index in [1.165, 1.54) is 14.0 Å². The average molecular weight is 859 g/mol. The van der Waals surface area contributed by atoms with Crippen molar-refractivity contribution in [2.45, 2.75) is 103 Å². The van der Waals surface area contributed by atoms with Gasteiger partial charge < -0.3 is 65.5 Å². The third-order valence-corrected chi connectivity index (χ3v) is 8.87. The zero-order valence-electron chi connectivity index (χ0n) is 36.0. The van der Waals surface area contributed by atoms with E-state index in [2.05, 4.69) is 52.5 Å². The number of amides is 8. The Morgan fingerprint density at radius 2 is 1.07 bits per heavy atom. The average Bonchev–Trinajstić information content (AvgIpc) is 3.19. The lowest BCUT2D eigenvalue weighted by molar-refractivity contribution is -0.135. The van der Waals surface area contributed by atoms with Gasteiger partial charge in [-0.2, -0.15) is 0 Å². The van der Waals surface area contributed by atoms with Gasteiger partial charge in [-0.1, -0.05) is 58.0 Å². The van der Waals surface area contributed by atoms with Crippen molar-refractivity contribution in [3.63, 3.8) is 0 Å². The van der Waals surface area contributed by atoms with Crippen molar-refractivity contribution < 1.29 is 38.4 Å². The number of nitrogens with zero attached hydrogens (tertiary/aromatic N) is 2. The first-order chi connectivity index (χ1) is 28.7. The van der Waals surface area contributed by atoms with Crippen LogP contribution in [0.25, 0.3) is 0 Å². The van der Waals surface area contributed by atoms with Gasteiger partial charge >= 0.3 is 0 Å². The SMILES string of the molecule is CNC(=O)C(NC(=O)C(CCCN=C(N)N)NC(=O)C(CCCN=C(N)N)NC(=O)C(CC(C)C)NC(=O)C(Cc1ccccc1)NC(=O)CNC(=O)CNC(C)=O)C(C)C. The first kappa shape index (κ1) is 52.5. The van der Waals surface area contributed by atoms with E-state index in [-0.39, 0.29) is 81.9 Å². The molecule has 5 atom stereocenters. The molecular formula is C39H66N14O8. The van der Waals surface area contributed by atoms with Crippen LogP contribution in [0.2, 0.25) is 0 Å². The van der Waals surface area contributed by atoms with Crippen LogP contribution in [0.5, 0.6) is 0 Å². The molecule has 1 aromatic carbocycles. The maximum Gasteiger partial charge on any atom is 0.243 e. The lowest BCUT2D eigenvalue weighted by atomic mass is 10.00. The predicted octanol–water partition coefficient (Wildman–Crippen LogP) is -3.54. The van der Waals surface area contributed by atoms with E-state index >= 15 is 0 Å². The van der Waals surface area contributed by atoms with E-state index in [1.54, 1.807) is 44.2 Å². The van der Waals surface area contributed by atoms with Gasteiger partial charge in [-0.3, -0.25) is 48.3 Å². The van der Waals surface area contributed by atoms with E-state index in [9.17, 15) is 38.4 Å². The second-order valence-corrected chi connectivity index (χ2v) is 15.1. The summed E-state index contributed by atoms with van der Waals surface area (Å²) < 4.78 is 0. The van der Waals surface area contributed by atoms with Gasteiger partial charge in [-0.05, 0) is 49.5 Å². The molecule has 22 nitrogen and oxygen atoms in total. The summed E-state index contributed by atoms with van der Waals surface area (Å²) in [6, 6.07) is 3.02. The molecule has 0 bridgehead atoms. The van der Waals surface area contributed by atoms with Crippen LogP contribution in [0.15, 0.2) is 40.3 Å². The van der Waals surface area contributed by atoms with Crippen LogP contribution < -0.4 is 65.5 Å². The standard InChI is InChI=1S/C39H66N14O8/c1-22(2)18-28(52-36(60)29(19-25-12-8-7-9-13-25)49-31(56)21-48-30(55)20-47-24(5)54)35(59)51-26(14-10-16-45-38(40)41)33(57)50-27(15-11-17-46-39(42)43)34(58)53-32(23(3)4)37(61)44-6/h7-9,12-13,22-23,26-29,32H,10-11,14-21H2,1-6H3,(H,44,61)(H,47,54)(H,48,55)(H,49,56)(H,50,57)(H,51,59)(H,52,60)(H,53,58)(H4,40,41,45)(H4,42,43,46). The fourth-order valence-corrected chi connectivity index (χ4v) is 5.76. The number of hydrogen-bond donors (Lipinski definition) is 12. The number of hydrogen-bond acceptors (Lipinski definition) is 10. The van der Waals surface area contributed by atoms with Crippen molar-refractivity contribution in [1.82, 2.24) is 42.5 Å². The topological polar surface area (TPSA) is 362 Å². The smallest absolute Gasteiger partial charge is 0.243 e. The third-order valence-electron chi connectivity index (χ3n) is 8.87. The summed E-state index contributed by atoms with van der Waals surface area (Å²) in [4.78, 5) is 112. The van der Waals surface area contributed by atoms with Gasteiger partial charge in [0, 0.05) is 33.5 Å². The molecule has 340 valence electrons. The zero-order chi connectivity index (χ0) is 46.1. The van der Waals surface area contributed by atoms with Crippen LogP contribution in [0, 0.1) is 11.8 Å². The number of nitrogens with two attached hydrogens (primary N) is 4.